The number of aromatic nitrogens is 1. The summed E-state index contributed by atoms with van der Waals surface area (Å²) in [5.41, 5.74) is 5.91. The highest BCUT2D eigenvalue weighted by Gasteiger charge is 2.12. The number of rotatable bonds is 5. The standard InChI is InChI=1S/C10H15ClN4O/c1-15(5-6-16-2)10-8(11)7(9(12)13)3-4-14-10/h3-4H,5-6H2,1-2H3,(H3,12,13). The van der Waals surface area contributed by atoms with Crippen molar-refractivity contribution in [2.24, 2.45) is 5.73 Å². The number of methoxy groups -OCH3 is 1. The molecule has 0 atom stereocenters. The van der Waals surface area contributed by atoms with Crippen LogP contribution in [0.4, 0.5) is 5.82 Å². The fraction of sp³-hybridized carbons (Fsp3) is 0.400. The van der Waals surface area contributed by atoms with Crippen molar-refractivity contribution in [1.29, 1.82) is 5.41 Å². The van der Waals surface area contributed by atoms with Crippen LogP contribution in [0.1, 0.15) is 5.56 Å². The Hall–Kier alpha value is -1.33. The first kappa shape index (κ1) is 12.7. The lowest BCUT2D eigenvalue weighted by atomic mass is 10.2. The summed E-state index contributed by atoms with van der Waals surface area (Å²) in [6, 6.07) is 1.62. The molecule has 5 nitrogen and oxygen atoms in total. The lowest BCUT2D eigenvalue weighted by molar-refractivity contribution is 0.206. The van der Waals surface area contributed by atoms with Gasteiger partial charge >= 0.3 is 0 Å². The molecule has 1 heterocycles. The van der Waals surface area contributed by atoms with Crippen molar-refractivity contribution in [1.82, 2.24) is 4.98 Å². The van der Waals surface area contributed by atoms with E-state index in [0.717, 1.165) is 0 Å². The maximum Gasteiger partial charge on any atom is 0.147 e. The molecule has 0 aliphatic rings. The summed E-state index contributed by atoms with van der Waals surface area (Å²) >= 11 is 6.11. The molecule has 88 valence electrons. The minimum Gasteiger partial charge on any atom is -0.384 e. The molecule has 3 N–H and O–H groups in total. The maximum atomic E-state index is 7.37. The molecule has 0 fully saturated rings. The predicted octanol–water partition coefficient (Wildman–Crippen LogP) is 1.10. The second kappa shape index (κ2) is 5.67. The van der Waals surface area contributed by atoms with Crippen molar-refractivity contribution >= 4 is 23.3 Å². The Morgan fingerprint density at radius 1 is 1.69 bits per heavy atom. The maximum absolute atomic E-state index is 7.37. The van der Waals surface area contributed by atoms with E-state index in [2.05, 4.69) is 4.98 Å². The van der Waals surface area contributed by atoms with E-state index in [9.17, 15) is 0 Å². The largest absolute Gasteiger partial charge is 0.384 e. The van der Waals surface area contributed by atoms with Gasteiger partial charge in [-0.2, -0.15) is 0 Å². The van der Waals surface area contributed by atoms with E-state index in [1.54, 1.807) is 19.4 Å². The first-order valence-corrected chi connectivity index (χ1v) is 5.14. The van der Waals surface area contributed by atoms with Crippen LogP contribution < -0.4 is 10.6 Å². The minimum absolute atomic E-state index is 0.0613. The van der Waals surface area contributed by atoms with Crippen molar-refractivity contribution in [3.63, 3.8) is 0 Å². The molecule has 0 aromatic carbocycles. The van der Waals surface area contributed by atoms with Crippen LogP contribution in [0.2, 0.25) is 5.02 Å². The quantitative estimate of drug-likeness (QED) is 0.599. The van der Waals surface area contributed by atoms with Gasteiger partial charge in [0.2, 0.25) is 0 Å². The first-order chi connectivity index (χ1) is 7.57. The van der Waals surface area contributed by atoms with Gasteiger partial charge in [0.25, 0.3) is 0 Å². The van der Waals surface area contributed by atoms with E-state index < -0.39 is 0 Å². The summed E-state index contributed by atoms with van der Waals surface area (Å²) < 4.78 is 4.97. The van der Waals surface area contributed by atoms with Crippen molar-refractivity contribution in [2.75, 3.05) is 32.2 Å². The molecule has 1 rings (SSSR count). The molecule has 1 aromatic rings. The number of hydrogen-bond acceptors (Lipinski definition) is 4. The van der Waals surface area contributed by atoms with Gasteiger partial charge in [-0.15, -0.1) is 0 Å². The molecule has 0 aliphatic carbocycles. The topological polar surface area (TPSA) is 75.2 Å². The van der Waals surface area contributed by atoms with Crippen molar-refractivity contribution in [3.05, 3.63) is 22.8 Å². The summed E-state index contributed by atoms with van der Waals surface area (Å²) in [5, 5.41) is 7.77. The van der Waals surface area contributed by atoms with E-state index in [1.165, 1.54) is 0 Å². The summed E-state index contributed by atoms with van der Waals surface area (Å²) in [4.78, 5) is 6.02. The van der Waals surface area contributed by atoms with Crippen molar-refractivity contribution in [2.45, 2.75) is 0 Å². The van der Waals surface area contributed by atoms with E-state index >= 15 is 0 Å². The number of nitrogens with two attached hydrogens (primary N) is 1. The van der Waals surface area contributed by atoms with Crippen molar-refractivity contribution in [3.8, 4) is 0 Å². The lowest BCUT2D eigenvalue weighted by Crippen LogP contribution is -2.24. The van der Waals surface area contributed by atoms with E-state index in [-0.39, 0.29) is 5.84 Å². The normalized spacial score (nSPS) is 10.2. The number of ether oxygens (including phenoxy) is 1. The number of nitrogens with one attached hydrogen (secondary N) is 1. The smallest absolute Gasteiger partial charge is 0.147 e. The number of anilines is 1. The molecule has 0 amide bonds. The highest BCUT2D eigenvalue weighted by Crippen LogP contribution is 2.25. The molecule has 0 unspecified atom stereocenters. The lowest BCUT2D eigenvalue weighted by Gasteiger charge is -2.19. The molecule has 6 heteroatoms. The molecule has 0 aliphatic heterocycles. The minimum atomic E-state index is -0.0613. The van der Waals surface area contributed by atoms with Gasteiger partial charge in [0.15, 0.2) is 0 Å². The molecule has 0 bridgehead atoms. The third-order valence-corrected chi connectivity index (χ3v) is 2.53. The zero-order valence-electron chi connectivity index (χ0n) is 9.33. The average molecular weight is 243 g/mol. The number of pyridine rings is 1. The molecule has 0 radical (unpaired) electrons. The second-order valence-corrected chi connectivity index (χ2v) is 3.70. The molecule has 0 saturated heterocycles. The Bertz CT molecular complexity index is 383. The van der Waals surface area contributed by atoms with E-state index in [4.69, 9.17) is 27.5 Å². The van der Waals surface area contributed by atoms with Gasteiger partial charge < -0.3 is 15.4 Å². The Balaban J connectivity index is 2.96. The monoisotopic (exact) mass is 242 g/mol. The summed E-state index contributed by atoms with van der Waals surface area (Å²) in [5.74, 6) is 0.542. The highest BCUT2D eigenvalue weighted by atomic mass is 35.5. The van der Waals surface area contributed by atoms with Crippen LogP contribution in [-0.2, 0) is 4.74 Å². The van der Waals surface area contributed by atoms with Gasteiger partial charge in [-0.05, 0) is 6.07 Å². The van der Waals surface area contributed by atoms with Gasteiger partial charge in [-0.25, -0.2) is 4.98 Å². The number of likely N-dealkylation sites (N-methyl/N-ethyl adjacent to an activating group) is 1. The molecule has 1 aromatic heterocycles. The fourth-order valence-corrected chi connectivity index (χ4v) is 1.60. The zero-order chi connectivity index (χ0) is 12.1. The highest BCUT2D eigenvalue weighted by molar-refractivity contribution is 6.36. The van der Waals surface area contributed by atoms with Crippen LogP contribution in [-0.4, -0.2) is 38.1 Å². The molecular weight excluding hydrogens is 228 g/mol. The van der Waals surface area contributed by atoms with Crippen LogP contribution >= 0.6 is 11.6 Å². The predicted molar refractivity (Wildman–Crippen MR) is 65.4 cm³/mol. The fourth-order valence-electron chi connectivity index (χ4n) is 1.24. The number of amidine groups is 1. The van der Waals surface area contributed by atoms with Gasteiger partial charge in [-0.1, -0.05) is 11.6 Å². The van der Waals surface area contributed by atoms with Gasteiger partial charge in [-0.3, -0.25) is 5.41 Å². The summed E-state index contributed by atoms with van der Waals surface area (Å²) in [7, 11) is 3.49. The third kappa shape index (κ3) is 2.84. The van der Waals surface area contributed by atoms with Crippen LogP contribution in [0.5, 0.6) is 0 Å². The molecule has 16 heavy (non-hydrogen) atoms. The Kier molecular flexibility index (Phi) is 4.52. The van der Waals surface area contributed by atoms with Gasteiger partial charge in [0.1, 0.15) is 11.7 Å². The molecular formula is C10H15ClN4O. The number of nitrogen functional groups attached to an aromatic ring is 1. The zero-order valence-corrected chi connectivity index (χ0v) is 10.1. The Morgan fingerprint density at radius 3 is 2.94 bits per heavy atom. The number of hydrogen-bond donors (Lipinski definition) is 2. The Labute approximate surface area is 99.7 Å². The van der Waals surface area contributed by atoms with Gasteiger partial charge in [0, 0.05) is 32.5 Å². The Morgan fingerprint density at radius 2 is 2.38 bits per heavy atom. The SMILES string of the molecule is COCCN(C)c1nccc(C(=N)N)c1Cl. The molecule has 0 spiro atoms. The second-order valence-electron chi connectivity index (χ2n) is 3.32. The van der Waals surface area contributed by atoms with Crippen LogP contribution in [0.3, 0.4) is 0 Å². The van der Waals surface area contributed by atoms with Crippen molar-refractivity contribution < 1.29 is 4.74 Å². The van der Waals surface area contributed by atoms with Crippen LogP contribution in [0.15, 0.2) is 12.3 Å². The van der Waals surface area contributed by atoms with E-state index in [1.807, 2.05) is 11.9 Å². The van der Waals surface area contributed by atoms with Gasteiger partial charge in [0.05, 0.1) is 11.6 Å². The number of nitrogens with zero attached hydrogens (tertiary/aromatic N) is 2. The summed E-state index contributed by atoms with van der Waals surface area (Å²) in [6.45, 7) is 1.25. The molecule has 0 saturated carbocycles. The number of halogens is 1. The average Bonchev–Trinajstić information content (AvgIpc) is 2.25. The first-order valence-electron chi connectivity index (χ1n) is 4.77. The van der Waals surface area contributed by atoms with E-state index in [0.29, 0.717) is 29.6 Å². The third-order valence-electron chi connectivity index (χ3n) is 2.15. The van der Waals surface area contributed by atoms with Crippen LogP contribution in [0.25, 0.3) is 0 Å². The van der Waals surface area contributed by atoms with Crippen LogP contribution in [0, 0.1) is 5.41 Å². The summed E-state index contributed by atoms with van der Waals surface area (Å²) in [6.07, 6.45) is 1.58.